The minimum absolute atomic E-state index is 0.0671. The Labute approximate surface area is 113 Å². The molecule has 0 aliphatic rings. The number of sulfonamides is 1. The van der Waals surface area contributed by atoms with Crippen LogP contribution in [0.25, 0.3) is 0 Å². The first-order valence-corrected chi connectivity index (χ1v) is 6.68. The molecule has 19 heavy (non-hydrogen) atoms. The highest BCUT2D eigenvalue weighted by atomic mass is 35.5. The summed E-state index contributed by atoms with van der Waals surface area (Å²) >= 11 is 5.80. The van der Waals surface area contributed by atoms with Crippen LogP contribution in [-0.4, -0.2) is 28.6 Å². The molecule has 2 rings (SSSR count). The van der Waals surface area contributed by atoms with Crippen molar-refractivity contribution in [2.24, 2.45) is 5.84 Å². The second-order valence-electron chi connectivity index (χ2n) is 3.22. The van der Waals surface area contributed by atoms with E-state index in [2.05, 4.69) is 30.3 Å². The van der Waals surface area contributed by atoms with E-state index in [0.717, 1.165) is 6.20 Å². The van der Waals surface area contributed by atoms with Gasteiger partial charge >= 0.3 is 0 Å². The van der Waals surface area contributed by atoms with E-state index in [9.17, 15) is 8.42 Å². The van der Waals surface area contributed by atoms with Gasteiger partial charge in [-0.15, -0.1) is 5.10 Å². The molecule has 4 N–H and O–H groups in total. The second kappa shape index (κ2) is 5.30. The Morgan fingerprint density at radius 1 is 1.26 bits per heavy atom. The summed E-state index contributed by atoms with van der Waals surface area (Å²) in [5, 5.41) is 7.08. The fourth-order valence-corrected chi connectivity index (χ4v) is 2.35. The van der Waals surface area contributed by atoms with Gasteiger partial charge in [0.05, 0.1) is 17.4 Å². The predicted molar refractivity (Wildman–Crippen MR) is 67.7 cm³/mol. The number of hydrogen-bond acceptors (Lipinski definition) is 8. The molecule has 0 spiro atoms. The fraction of sp³-hybridized carbons (Fsp3) is 0. The van der Waals surface area contributed by atoms with Gasteiger partial charge in [0, 0.05) is 6.20 Å². The zero-order chi connectivity index (χ0) is 13.9. The summed E-state index contributed by atoms with van der Waals surface area (Å²) in [6.45, 7) is 0. The molecule has 0 unspecified atom stereocenters. The van der Waals surface area contributed by atoms with E-state index in [1.54, 1.807) is 0 Å². The SMILES string of the molecule is NNc1ncc(S(=O)(=O)Nc2nccnn2)cc1Cl. The maximum Gasteiger partial charge on any atom is 0.265 e. The molecule has 0 aliphatic heterocycles. The van der Waals surface area contributed by atoms with Gasteiger partial charge in [-0.2, -0.15) is 5.10 Å². The molecule has 11 heteroatoms. The Bertz CT molecular complexity index is 679. The molecule has 0 amide bonds. The number of nitrogens with zero attached hydrogens (tertiary/aromatic N) is 4. The van der Waals surface area contributed by atoms with Crippen molar-refractivity contribution in [1.82, 2.24) is 20.2 Å². The van der Waals surface area contributed by atoms with Crippen molar-refractivity contribution in [3.8, 4) is 0 Å². The Morgan fingerprint density at radius 3 is 2.63 bits per heavy atom. The molecule has 0 atom stereocenters. The number of halogens is 1. The van der Waals surface area contributed by atoms with Crippen LogP contribution in [0.4, 0.5) is 11.8 Å². The average Bonchev–Trinajstić information content (AvgIpc) is 2.39. The molecular weight excluding hydrogens is 294 g/mol. The Kier molecular flexibility index (Phi) is 3.74. The number of hydrazine groups is 1. The molecule has 9 nitrogen and oxygen atoms in total. The van der Waals surface area contributed by atoms with Crippen molar-refractivity contribution >= 4 is 33.4 Å². The standard InChI is InChI=1S/C8H8ClN7O2S/c9-6-3-5(4-12-7(6)14-10)19(17,18)16-8-11-1-2-13-15-8/h1-4H,10H2,(H,12,14)(H,11,15,16). The smallest absolute Gasteiger partial charge is 0.265 e. The van der Waals surface area contributed by atoms with Crippen LogP contribution in [0.15, 0.2) is 29.6 Å². The molecule has 2 aromatic heterocycles. The predicted octanol–water partition coefficient (Wildman–Crippen LogP) is 0.00640. The number of anilines is 2. The topological polar surface area (TPSA) is 136 Å². The Balaban J connectivity index is 2.32. The first kappa shape index (κ1) is 13.4. The largest absolute Gasteiger partial charge is 0.307 e. The van der Waals surface area contributed by atoms with Gasteiger partial charge in [0.15, 0.2) is 5.82 Å². The number of hydrogen-bond donors (Lipinski definition) is 3. The average molecular weight is 302 g/mol. The van der Waals surface area contributed by atoms with Crippen molar-refractivity contribution in [2.75, 3.05) is 10.1 Å². The van der Waals surface area contributed by atoms with Crippen LogP contribution in [0.1, 0.15) is 0 Å². The zero-order valence-electron chi connectivity index (χ0n) is 9.28. The third kappa shape index (κ3) is 3.05. The Hall–Kier alpha value is -2.04. The number of nitrogen functional groups attached to an aromatic ring is 1. The number of nitrogens with one attached hydrogen (secondary N) is 2. The lowest BCUT2D eigenvalue weighted by atomic mass is 10.5. The van der Waals surface area contributed by atoms with Crippen LogP contribution in [0.5, 0.6) is 0 Å². The van der Waals surface area contributed by atoms with E-state index in [1.165, 1.54) is 18.5 Å². The second-order valence-corrected chi connectivity index (χ2v) is 5.31. The van der Waals surface area contributed by atoms with Gasteiger partial charge in [0.2, 0.25) is 0 Å². The number of nitrogens with two attached hydrogens (primary N) is 1. The van der Waals surface area contributed by atoms with E-state index in [-0.39, 0.29) is 21.7 Å². The molecule has 0 fully saturated rings. The highest BCUT2D eigenvalue weighted by molar-refractivity contribution is 7.92. The summed E-state index contributed by atoms with van der Waals surface area (Å²) in [5.74, 6) is 5.16. The molecule has 2 heterocycles. The van der Waals surface area contributed by atoms with Gasteiger partial charge in [-0.05, 0) is 6.07 Å². The van der Waals surface area contributed by atoms with E-state index in [4.69, 9.17) is 17.4 Å². The van der Waals surface area contributed by atoms with Crippen molar-refractivity contribution in [3.63, 3.8) is 0 Å². The van der Waals surface area contributed by atoms with Crippen LogP contribution in [-0.2, 0) is 10.0 Å². The van der Waals surface area contributed by atoms with Gasteiger partial charge < -0.3 is 5.43 Å². The minimum Gasteiger partial charge on any atom is -0.307 e. The molecule has 100 valence electrons. The molecule has 0 aliphatic carbocycles. The molecule has 0 saturated carbocycles. The van der Waals surface area contributed by atoms with Crippen LogP contribution >= 0.6 is 11.6 Å². The Morgan fingerprint density at radius 2 is 2.05 bits per heavy atom. The highest BCUT2D eigenvalue weighted by Gasteiger charge is 2.18. The van der Waals surface area contributed by atoms with E-state index in [1.807, 2.05) is 0 Å². The quantitative estimate of drug-likeness (QED) is 0.530. The third-order valence-electron chi connectivity index (χ3n) is 1.97. The van der Waals surface area contributed by atoms with Gasteiger partial charge in [0.1, 0.15) is 4.90 Å². The van der Waals surface area contributed by atoms with E-state index >= 15 is 0 Å². The van der Waals surface area contributed by atoms with Crippen molar-refractivity contribution in [1.29, 1.82) is 0 Å². The summed E-state index contributed by atoms with van der Waals surface area (Å²) in [6, 6.07) is 1.20. The highest BCUT2D eigenvalue weighted by Crippen LogP contribution is 2.22. The summed E-state index contributed by atoms with van der Waals surface area (Å²) in [7, 11) is -3.89. The maximum absolute atomic E-state index is 12.0. The van der Waals surface area contributed by atoms with Crippen molar-refractivity contribution < 1.29 is 8.42 Å². The normalized spacial score (nSPS) is 11.1. The molecule has 0 bridgehead atoms. The fourth-order valence-electron chi connectivity index (χ4n) is 1.15. The van der Waals surface area contributed by atoms with Crippen LogP contribution in [0, 0.1) is 0 Å². The first-order chi connectivity index (χ1) is 9.03. The lowest BCUT2D eigenvalue weighted by molar-refractivity contribution is 0.600. The number of rotatable bonds is 4. The molecular formula is C8H8ClN7O2S. The van der Waals surface area contributed by atoms with Gasteiger partial charge in [0.25, 0.3) is 16.0 Å². The summed E-state index contributed by atoms with van der Waals surface area (Å²) in [4.78, 5) is 7.31. The minimum atomic E-state index is -3.89. The lowest BCUT2D eigenvalue weighted by Gasteiger charge is -2.07. The zero-order valence-corrected chi connectivity index (χ0v) is 10.9. The molecule has 2 aromatic rings. The van der Waals surface area contributed by atoms with Crippen molar-refractivity contribution in [2.45, 2.75) is 4.90 Å². The van der Waals surface area contributed by atoms with Crippen LogP contribution < -0.4 is 16.0 Å². The molecule has 0 saturated heterocycles. The summed E-state index contributed by atoms with van der Waals surface area (Å²) in [6.07, 6.45) is 3.72. The van der Waals surface area contributed by atoms with Crippen LogP contribution in [0.2, 0.25) is 5.02 Å². The summed E-state index contributed by atoms with van der Waals surface area (Å²) < 4.78 is 26.1. The number of aromatic nitrogens is 4. The van der Waals surface area contributed by atoms with E-state index in [0.29, 0.717) is 0 Å². The molecule has 0 radical (unpaired) electrons. The van der Waals surface area contributed by atoms with E-state index < -0.39 is 10.0 Å². The number of pyridine rings is 1. The van der Waals surface area contributed by atoms with Gasteiger partial charge in [-0.25, -0.2) is 29.0 Å². The summed E-state index contributed by atoms with van der Waals surface area (Å²) in [5.41, 5.74) is 2.23. The lowest BCUT2D eigenvalue weighted by Crippen LogP contribution is -2.16. The van der Waals surface area contributed by atoms with Crippen LogP contribution in [0.3, 0.4) is 0 Å². The van der Waals surface area contributed by atoms with Gasteiger partial charge in [-0.3, -0.25) is 0 Å². The first-order valence-electron chi connectivity index (χ1n) is 4.81. The third-order valence-corrected chi connectivity index (χ3v) is 3.55. The van der Waals surface area contributed by atoms with Crippen molar-refractivity contribution in [3.05, 3.63) is 29.7 Å². The molecule has 0 aromatic carbocycles. The van der Waals surface area contributed by atoms with Gasteiger partial charge in [-0.1, -0.05) is 11.6 Å². The monoisotopic (exact) mass is 301 g/mol. The maximum atomic E-state index is 12.0.